The Morgan fingerprint density at radius 2 is 2.30 bits per heavy atom. The van der Waals surface area contributed by atoms with E-state index in [2.05, 4.69) is 25.4 Å². The fourth-order valence-electron chi connectivity index (χ4n) is 1.36. The van der Waals surface area contributed by atoms with Crippen molar-refractivity contribution in [3.05, 3.63) is 0 Å². The number of likely N-dealkylation sites (N-methyl/N-ethyl adjacent to an activating group) is 1. The summed E-state index contributed by atoms with van der Waals surface area (Å²) in [5.74, 6) is 0. The Morgan fingerprint density at radius 1 is 1.60 bits per heavy atom. The van der Waals surface area contributed by atoms with Gasteiger partial charge < -0.3 is 9.33 Å². The second-order valence-electron chi connectivity index (χ2n) is 3.39. The highest BCUT2D eigenvalue weighted by Crippen LogP contribution is 2.15. The van der Waals surface area contributed by atoms with E-state index in [0.717, 1.165) is 13.2 Å². The first-order chi connectivity index (χ1) is 4.66. The summed E-state index contributed by atoms with van der Waals surface area (Å²) < 4.78 is 5.78. The van der Waals surface area contributed by atoms with Gasteiger partial charge in [0.15, 0.2) is 0 Å². The van der Waals surface area contributed by atoms with Crippen LogP contribution in [0.25, 0.3) is 0 Å². The highest BCUT2D eigenvalue weighted by Gasteiger charge is 2.31. The van der Waals surface area contributed by atoms with E-state index in [1.165, 1.54) is 12.2 Å². The van der Waals surface area contributed by atoms with Gasteiger partial charge in [0.25, 0.3) is 0 Å². The van der Waals surface area contributed by atoms with Crippen molar-refractivity contribution in [1.82, 2.24) is 4.90 Å². The van der Waals surface area contributed by atoms with Crippen LogP contribution in [0, 0.1) is 0 Å². The molecule has 3 heteroatoms. The van der Waals surface area contributed by atoms with E-state index in [1.807, 2.05) is 0 Å². The average Bonchev–Trinajstić information content (AvgIpc) is 1.88. The normalized spacial score (nSPS) is 36.3. The van der Waals surface area contributed by atoms with Crippen LogP contribution in [-0.4, -0.2) is 39.6 Å². The molecule has 60 valence electrons. The van der Waals surface area contributed by atoms with Crippen molar-refractivity contribution in [1.29, 1.82) is 0 Å². The van der Waals surface area contributed by atoms with Gasteiger partial charge in [-0.25, -0.2) is 0 Å². The van der Waals surface area contributed by atoms with Crippen LogP contribution in [0.15, 0.2) is 0 Å². The van der Waals surface area contributed by atoms with Crippen LogP contribution in [0.3, 0.4) is 0 Å². The first kappa shape index (κ1) is 8.24. The lowest BCUT2D eigenvalue weighted by atomic mass is 10.6. The van der Waals surface area contributed by atoms with Crippen molar-refractivity contribution in [2.75, 3.05) is 26.4 Å². The zero-order chi connectivity index (χ0) is 7.61. The van der Waals surface area contributed by atoms with Crippen molar-refractivity contribution in [2.45, 2.75) is 19.5 Å². The van der Waals surface area contributed by atoms with Crippen molar-refractivity contribution in [3.8, 4) is 0 Å². The number of hydrogen-bond acceptors (Lipinski definition) is 2. The minimum absolute atomic E-state index is 0.951. The third-order valence-corrected chi connectivity index (χ3v) is 5.88. The molecule has 0 aromatic carbocycles. The van der Waals surface area contributed by atoms with Crippen molar-refractivity contribution in [3.63, 3.8) is 0 Å². The Labute approximate surface area is 64.3 Å². The predicted octanol–water partition coefficient (Wildman–Crippen LogP) is 1.08. The van der Waals surface area contributed by atoms with Crippen molar-refractivity contribution >= 4 is 8.32 Å². The van der Waals surface area contributed by atoms with Gasteiger partial charge in [-0.15, -0.1) is 0 Å². The summed E-state index contributed by atoms with van der Waals surface area (Å²) in [4.78, 5) is 2.39. The van der Waals surface area contributed by atoms with Crippen molar-refractivity contribution in [2.24, 2.45) is 0 Å². The molecule has 0 aliphatic carbocycles. The van der Waals surface area contributed by atoms with Gasteiger partial charge in [0, 0.05) is 19.3 Å². The smallest absolute Gasteiger partial charge is 0.203 e. The molecule has 10 heavy (non-hydrogen) atoms. The standard InChI is InChI=1S/C7H17NOSi/c1-4-10(3)7-8(2)5-6-9-10/h4-7H2,1-3H3. The molecule has 1 aliphatic rings. The highest BCUT2D eigenvalue weighted by molar-refractivity contribution is 6.72. The molecule has 1 unspecified atom stereocenters. The lowest BCUT2D eigenvalue weighted by Gasteiger charge is -2.36. The Kier molecular flexibility index (Phi) is 2.49. The topological polar surface area (TPSA) is 12.5 Å². The quantitative estimate of drug-likeness (QED) is 0.531. The van der Waals surface area contributed by atoms with Gasteiger partial charge in [0.2, 0.25) is 8.32 Å². The summed E-state index contributed by atoms with van der Waals surface area (Å²) in [5, 5.41) is 0. The van der Waals surface area contributed by atoms with E-state index in [0.29, 0.717) is 0 Å². The number of nitrogens with zero attached hydrogens (tertiary/aromatic N) is 1. The van der Waals surface area contributed by atoms with Crippen LogP contribution in [0.4, 0.5) is 0 Å². The molecule has 1 aliphatic heterocycles. The molecule has 0 radical (unpaired) electrons. The van der Waals surface area contributed by atoms with Crippen LogP contribution < -0.4 is 0 Å². The van der Waals surface area contributed by atoms with E-state index < -0.39 is 8.32 Å². The largest absolute Gasteiger partial charge is 0.415 e. The van der Waals surface area contributed by atoms with E-state index in [4.69, 9.17) is 4.43 Å². The van der Waals surface area contributed by atoms with Crippen LogP contribution in [0.2, 0.25) is 12.6 Å². The fourth-order valence-corrected chi connectivity index (χ4v) is 3.76. The van der Waals surface area contributed by atoms with Crippen LogP contribution in [-0.2, 0) is 4.43 Å². The monoisotopic (exact) mass is 159 g/mol. The molecule has 0 N–H and O–H groups in total. The lowest BCUT2D eigenvalue weighted by molar-refractivity contribution is 0.193. The van der Waals surface area contributed by atoms with Crippen LogP contribution in [0.5, 0.6) is 0 Å². The van der Waals surface area contributed by atoms with Gasteiger partial charge in [-0.3, -0.25) is 0 Å². The molecule has 0 saturated carbocycles. The Balaban J connectivity index is 2.45. The molecule has 0 spiro atoms. The SMILES string of the molecule is CC[Si]1(C)CN(C)CCO1. The first-order valence-electron chi connectivity index (χ1n) is 3.99. The summed E-state index contributed by atoms with van der Waals surface area (Å²) in [5.41, 5.74) is 0. The third kappa shape index (κ3) is 1.81. The number of hydrogen-bond donors (Lipinski definition) is 0. The van der Waals surface area contributed by atoms with E-state index in [9.17, 15) is 0 Å². The Hall–Kier alpha value is 0.137. The van der Waals surface area contributed by atoms with Gasteiger partial charge in [-0.2, -0.15) is 0 Å². The molecule has 0 aromatic rings. The fraction of sp³-hybridized carbons (Fsp3) is 1.00. The molecule has 0 bridgehead atoms. The lowest BCUT2D eigenvalue weighted by Crippen LogP contribution is -2.52. The molecule has 1 fully saturated rings. The molecular formula is C7H17NOSi. The molecule has 1 saturated heterocycles. The average molecular weight is 159 g/mol. The summed E-state index contributed by atoms with van der Waals surface area (Å²) in [6.07, 6.45) is 1.21. The second-order valence-corrected chi connectivity index (χ2v) is 7.60. The maximum atomic E-state index is 5.78. The Bertz CT molecular complexity index is 120. The molecule has 1 atom stereocenters. The van der Waals surface area contributed by atoms with Gasteiger partial charge >= 0.3 is 0 Å². The molecule has 0 aromatic heterocycles. The van der Waals surface area contributed by atoms with Gasteiger partial charge in [0.1, 0.15) is 0 Å². The summed E-state index contributed by atoms with van der Waals surface area (Å²) in [7, 11) is 0.936. The summed E-state index contributed by atoms with van der Waals surface area (Å²) in [6, 6.07) is 1.25. The molecule has 2 nitrogen and oxygen atoms in total. The molecule has 1 heterocycles. The molecule has 0 amide bonds. The first-order valence-corrected chi connectivity index (χ1v) is 6.81. The maximum Gasteiger partial charge on any atom is 0.203 e. The third-order valence-electron chi connectivity index (χ3n) is 2.28. The minimum atomic E-state index is -1.25. The number of rotatable bonds is 1. The predicted molar refractivity (Wildman–Crippen MR) is 45.5 cm³/mol. The minimum Gasteiger partial charge on any atom is -0.415 e. The van der Waals surface area contributed by atoms with E-state index >= 15 is 0 Å². The van der Waals surface area contributed by atoms with Gasteiger partial charge in [0.05, 0.1) is 0 Å². The van der Waals surface area contributed by atoms with Gasteiger partial charge in [-0.1, -0.05) is 6.92 Å². The van der Waals surface area contributed by atoms with E-state index in [-0.39, 0.29) is 0 Å². The summed E-state index contributed by atoms with van der Waals surface area (Å²) in [6.45, 7) is 6.63. The second kappa shape index (κ2) is 3.03. The zero-order valence-electron chi connectivity index (χ0n) is 7.18. The Morgan fingerprint density at radius 3 is 2.70 bits per heavy atom. The van der Waals surface area contributed by atoms with Crippen LogP contribution >= 0.6 is 0 Å². The van der Waals surface area contributed by atoms with E-state index in [1.54, 1.807) is 0 Å². The highest BCUT2D eigenvalue weighted by atomic mass is 28.4. The van der Waals surface area contributed by atoms with Crippen LogP contribution in [0.1, 0.15) is 6.92 Å². The zero-order valence-corrected chi connectivity index (χ0v) is 8.18. The van der Waals surface area contributed by atoms with Gasteiger partial charge in [-0.05, 0) is 19.6 Å². The van der Waals surface area contributed by atoms with Crippen molar-refractivity contribution < 1.29 is 4.43 Å². The maximum absolute atomic E-state index is 5.78. The molecular weight excluding hydrogens is 142 g/mol. The summed E-state index contributed by atoms with van der Waals surface area (Å²) >= 11 is 0. The molecule has 1 rings (SSSR count).